The average Bonchev–Trinajstić information content (AvgIpc) is 3.31. The van der Waals surface area contributed by atoms with Crippen molar-refractivity contribution in [3.63, 3.8) is 0 Å². The van der Waals surface area contributed by atoms with Gasteiger partial charge in [-0.25, -0.2) is 0 Å². The number of aromatic nitrogens is 1. The maximum absolute atomic E-state index is 13.6. The molecular weight excluding hydrogens is 359 g/mol. The van der Waals surface area contributed by atoms with E-state index in [9.17, 15) is 9.28 Å². The summed E-state index contributed by atoms with van der Waals surface area (Å²) in [5.41, 5.74) is 2.72. The van der Waals surface area contributed by atoms with Gasteiger partial charge in [0, 0.05) is 33.2 Å². The van der Waals surface area contributed by atoms with E-state index in [1.807, 2.05) is 37.3 Å². The third kappa shape index (κ3) is 3.41. The van der Waals surface area contributed by atoms with Gasteiger partial charge in [0.25, 0.3) is 5.91 Å². The summed E-state index contributed by atoms with van der Waals surface area (Å²) >= 11 is 0. The molecule has 0 aliphatic carbocycles. The Kier molecular flexibility index (Phi) is 4.94. The van der Waals surface area contributed by atoms with Gasteiger partial charge in [-0.2, -0.15) is 4.40 Å². The number of pyridine rings is 1. The van der Waals surface area contributed by atoms with Crippen molar-refractivity contribution in [3.8, 4) is 16.9 Å². The lowest BCUT2D eigenvalue weighted by Gasteiger charge is -2.19. The Hall–Kier alpha value is -2.49. The van der Waals surface area contributed by atoms with Crippen LogP contribution in [0.15, 0.2) is 40.9 Å². The van der Waals surface area contributed by atoms with E-state index < -0.39 is 16.3 Å². The summed E-state index contributed by atoms with van der Waals surface area (Å²) in [5, 5.41) is 2.92. The zero-order valence-electron chi connectivity index (χ0n) is 14.8. The summed E-state index contributed by atoms with van der Waals surface area (Å²) in [4.78, 5) is 21.4. The molecule has 2 heterocycles. The molecule has 1 aliphatic rings. The summed E-state index contributed by atoms with van der Waals surface area (Å²) in [6.07, 6.45) is 3.08. The molecule has 2 aromatic rings. The Morgan fingerprint density at radius 3 is 2.58 bits per heavy atom. The largest absolute Gasteiger partial charge is 0.497 e. The Balaban J connectivity index is 1.86. The summed E-state index contributed by atoms with van der Waals surface area (Å²) in [5.74, 6) is 0.322. The lowest BCUT2D eigenvalue weighted by Crippen LogP contribution is -2.29. The highest BCUT2D eigenvalue weighted by Crippen LogP contribution is 2.62. The van der Waals surface area contributed by atoms with Crippen molar-refractivity contribution in [1.29, 1.82) is 0 Å². The van der Waals surface area contributed by atoms with Crippen LogP contribution in [0.3, 0.4) is 0 Å². The van der Waals surface area contributed by atoms with Crippen LogP contribution < -0.4 is 10.1 Å². The summed E-state index contributed by atoms with van der Waals surface area (Å²) in [6.45, 7) is 1.85. The van der Waals surface area contributed by atoms with Gasteiger partial charge >= 0.3 is 0 Å². The van der Waals surface area contributed by atoms with Crippen molar-refractivity contribution in [3.05, 3.63) is 47.8 Å². The molecule has 0 fully saturated rings. The number of hydrogen-bond acceptors (Lipinski definition) is 6. The second-order valence-electron chi connectivity index (χ2n) is 5.68. The quantitative estimate of drug-likeness (QED) is 0.639. The number of methoxy groups -OCH3 is 1. The number of nitrogens with one attached hydrogen (secondary N) is 1. The normalized spacial score (nSPS) is 20.9. The molecule has 1 aromatic carbocycles. The first kappa shape index (κ1) is 18.3. The molecule has 1 aromatic heterocycles. The van der Waals surface area contributed by atoms with Crippen molar-refractivity contribution in [2.75, 3.05) is 20.5 Å². The number of benzene rings is 1. The van der Waals surface area contributed by atoms with Crippen molar-refractivity contribution in [2.45, 2.75) is 6.92 Å². The SMILES string of the molecule is COc1ccc(-c2cc(C)ncc2C(=O)NC2=NS2(C)N(F)OC)cc1. The monoisotopic (exact) mass is 378 g/mol. The molecule has 7 nitrogen and oxygen atoms in total. The van der Waals surface area contributed by atoms with Crippen LogP contribution in [0.1, 0.15) is 16.1 Å². The van der Waals surface area contributed by atoms with Crippen LogP contribution >= 0.6 is 10.4 Å². The molecule has 26 heavy (non-hydrogen) atoms. The number of amides is 1. The van der Waals surface area contributed by atoms with Gasteiger partial charge in [0.15, 0.2) is 5.17 Å². The number of nitrogens with zero attached hydrogens (tertiary/aromatic N) is 3. The van der Waals surface area contributed by atoms with Crippen LogP contribution in [0, 0.1) is 6.92 Å². The van der Waals surface area contributed by atoms with Crippen LogP contribution in [0.2, 0.25) is 0 Å². The maximum Gasteiger partial charge on any atom is 0.259 e. The van der Waals surface area contributed by atoms with Gasteiger partial charge in [-0.15, -0.1) is 0 Å². The molecule has 1 atom stereocenters. The first-order valence-corrected chi connectivity index (χ1v) is 9.65. The number of halogens is 1. The second kappa shape index (κ2) is 7.02. The van der Waals surface area contributed by atoms with E-state index in [0.717, 1.165) is 22.6 Å². The fourth-order valence-electron chi connectivity index (χ4n) is 2.42. The molecule has 0 bridgehead atoms. The highest BCUT2D eigenvalue weighted by Gasteiger charge is 2.46. The van der Waals surface area contributed by atoms with E-state index in [0.29, 0.717) is 5.56 Å². The van der Waals surface area contributed by atoms with Gasteiger partial charge in [-0.3, -0.25) is 19.9 Å². The van der Waals surface area contributed by atoms with Gasteiger partial charge in [-0.1, -0.05) is 16.6 Å². The minimum Gasteiger partial charge on any atom is -0.497 e. The first-order valence-electron chi connectivity index (χ1n) is 7.70. The van der Waals surface area contributed by atoms with E-state index >= 15 is 0 Å². The number of hydrogen-bond donors (Lipinski definition) is 1. The maximum atomic E-state index is 13.6. The number of aryl methyl sites for hydroxylation is 1. The van der Waals surface area contributed by atoms with E-state index in [1.54, 1.807) is 13.4 Å². The predicted molar refractivity (Wildman–Crippen MR) is 99.3 cm³/mol. The molecule has 0 saturated heterocycles. The Bertz CT molecular complexity index is 875. The van der Waals surface area contributed by atoms with Crippen molar-refractivity contribution >= 4 is 21.5 Å². The Morgan fingerprint density at radius 1 is 1.27 bits per heavy atom. The second-order valence-corrected chi connectivity index (χ2v) is 8.20. The smallest absolute Gasteiger partial charge is 0.259 e. The standard InChI is InChI=1S/C17H19FN4O3S/c1-11-9-14(12-5-7-13(24-2)8-6-12)15(10-19-11)16(23)20-17-21-26(17,4)22(18)25-3/h5-10H,1-4H3,(H,20,21,23). The predicted octanol–water partition coefficient (Wildman–Crippen LogP) is 3.18. The fourth-order valence-corrected chi connectivity index (χ4v) is 3.85. The number of amidine groups is 1. The van der Waals surface area contributed by atoms with E-state index in [-0.39, 0.29) is 9.86 Å². The van der Waals surface area contributed by atoms with Gasteiger partial charge < -0.3 is 4.74 Å². The molecule has 9 heteroatoms. The van der Waals surface area contributed by atoms with E-state index in [4.69, 9.17) is 4.74 Å². The molecule has 1 amide bonds. The lowest BCUT2D eigenvalue weighted by molar-refractivity contribution is -0.174. The minimum absolute atomic E-state index is 0.167. The zero-order chi connectivity index (χ0) is 18.9. The zero-order valence-corrected chi connectivity index (χ0v) is 15.6. The van der Waals surface area contributed by atoms with E-state index in [2.05, 4.69) is 19.5 Å². The molecule has 1 aliphatic heterocycles. The number of ether oxygens (including phenoxy) is 1. The summed E-state index contributed by atoms with van der Waals surface area (Å²) < 4.78 is 23.0. The number of carbonyl (C=O) groups excluding carboxylic acids is 1. The molecule has 1 N–H and O–H groups in total. The van der Waals surface area contributed by atoms with Crippen LogP contribution in [0.4, 0.5) is 4.48 Å². The molecule has 1 unspecified atom stereocenters. The molecule has 0 radical (unpaired) electrons. The fraction of sp³-hybridized carbons (Fsp3) is 0.235. The highest BCUT2D eigenvalue weighted by molar-refractivity contribution is 8.48. The Labute approximate surface area is 152 Å². The van der Waals surface area contributed by atoms with Crippen LogP contribution in [0.25, 0.3) is 11.1 Å². The Morgan fingerprint density at radius 2 is 1.96 bits per heavy atom. The summed E-state index contributed by atoms with van der Waals surface area (Å²) in [6, 6.07) is 9.19. The van der Waals surface area contributed by atoms with E-state index in [1.165, 1.54) is 13.3 Å². The molecule has 0 spiro atoms. The first-order chi connectivity index (χ1) is 12.4. The van der Waals surface area contributed by atoms with Gasteiger partial charge in [0.05, 0.1) is 19.8 Å². The van der Waals surface area contributed by atoms with Crippen molar-refractivity contribution < 1.29 is 18.9 Å². The number of carbonyl (C=O) groups is 1. The minimum atomic E-state index is -2.22. The average molecular weight is 378 g/mol. The number of rotatable bonds is 5. The van der Waals surface area contributed by atoms with Gasteiger partial charge in [0.2, 0.25) is 0 Å². The molecule has 138 valence electrons. The molecular formula is C17H19FN4O3S. The van der Waals surface area contributed by atoms with Gasteiger partial charge in [-0.05, 0) is 36.2 Å². The third-order valence-corrected chi connectivity index (χ3v) is 5.92. The molecule has 0 saturated carbocycles. The van der Waals surface area contributed by atoms with Crippen molar-refractivity contribution in [2.24, 2.45) is 4.40 Å². The third-order valence-electron chi connectivity index (χ3n) is 3.92. The van der Waals surface area contributed by atoms with Gasteiger partial charge in [0.1, 0.15) is 5.75 Å². The topological polar surface area (TPSA) is 76.0 Å². The highest BCUT2D eigenvalue weighted by atomic mass is 32.3. The van der Waals surface area contributed by atoms with Crippen LogP contribution in [-0.4, -0.2) is 41.2 Å². The van der Waals surface area contributed by atoms with Crippen LogP contribution in [-0.2, 0) is 4.84 Å². The lowest BCUT2D eigenvalue weighted by atomic mass is 10.00. The summed E-state index contributed by atoms with van der Waals surface area (Å²) in [7, 11) is 0.573. The van der Waals surface area contributed by atoms with Crippen LogP contribution in [0.5, 0.6) is 5.75 Å². The molecule has 3 rings (SSSR count). The van der Waals surface area contributed by atoms with Crippen molar-refractivity contribution in [1.82, 2.24) is 15.0 Å².